The van der Waals surface area contributed by atoms with Gasteiger partial charge in [-0.3, -0.25) is 9.78 Å². The van der Waals surface area contributed by atoms with Crippen molar-refractivity contribution in [1.29, 1.82) is 0 Å². The summed E-state index contributed by atoms with van der Waals surface area (Å²) < 4.78 is 12.8. The Bertz CT molecular complexity index is 1120. The second-order valence-electron chi connectivity index (χ2n) is 8.68. The molecule has 1 aliphatic heterocycles. The Hall–Kier alpha value is -3.36. The summed E-state index contributed by atoms with van der Waals surface area (Å²) in [5.74, 6) is -0.230. The fraction of sp³-hybridized carbons (Fsp3) is 0.286. The standard InChI is InChI=1S/C28H31N3O4/c1-3-14-31(2)18-25-16-26(21-11-9-20(19-32)10-12-21)35-28(34-25)22-6-4-8-24(15-22)30-27(33)23-7-5-13-29-17-23/h3-13,15,17,25-26,28,32H,1,14,16,18-19H2,2H3,(H,30,33). The van der Waals surface area contributed by atoms with E-state index in [1.165, 1.54) is 6.20 Å². The highest BCUT2D eigenvalue weighted by Gasteiger charge is 2.32. The number of benzene rings is 2. The summed E-state index contributed by atoms with van der Waals surface area (Å²) in [5, 5.41) is 12.3. The maximum atomic E-state index is 12.6. The van der Waals surface area contributed by atoms with Gasteiger partial charge in [0.15, 0.2) is 6.29 Å². The van der Waals surface area contributed by atoms with Gasteiger partial charge in [-0.05, 0) is 42.4 Å². The first-order chi connectivity index (χ1) is 17.1. The van der Waals surface area contributed by atoms with Crippen LogP contribution in [0.3, 0.4) is 0 Å². The van der Waals surface area contributed by atoms with Crippen LogP contribution in [-0.4, -0.2) is 47.1 Å². The number of nitrogens with zero attached hydrogens (tertiary/aromatic N) is 2. The molecular weight excluding hydrogens is 442 g/mol. The van der Waals surface area contributed by atoms with E-state index in [0.717, 1.165) is 29.8 Å². The van der Waals surface area contributed by atoms with Gasteiger partial charge < -0.3 is 24.8 Å². The molecule has 7 heteroatoms. The third kappa shape index (κ3) is 6.61. The lowest BCUT2D eigenvalue weighted by Gasteiger charge is -2.37. The minimum Gasteiger partial charge on any atom is -0.392 e. The van der Waals surface area contributed by atoms with Gasteiger partial charge in [-0.25, -0.2) is 0 Å². The number of aliphatic hydroxyl groups is 1. The molecule has 1 fully saturated rings. The van der Waals surface area contributed by atoms with E-state index >= 15 is 0 Å². The predicted molar refractivity (Wildman–Crippen MR) is 135 cm³/mol. The van der Waals surface area contributed by atoms with E-state index in [4.69, 9.17) is 9.47 Å². The van der Waals surface area contributed by atoms with Crippen LogP contribution >= 0.6 is 0 Å². The largest absolute Gasteiger partial charge is 0.392 e. The minimum atomic E-state index is -0.594. The summed E-state index contributed by atoms with van der Waals surface area (Å²) >= 11 is 0. The Morgan fingerprint density at radius 2 is 2.00 bits per heavy atom. The zero-order valence-corrected chi connectivity index (χ0v) is 19.8. The van der Waals surface area contributed by atoms with Crippen molar-refractivity contribution in [3.05, 3.63) is 108 Å². The van der Waals surface area contributed by atoms with Crippen molar-refractivity contribution in [3.8, 4) is 0 Å². The number of amides is 1. The smallest absolute Gasteiger partial charge is 0.257 e. The van der Waals surface area contributed by atoms with Crippen LogP contribution in [0.25, 0.3) is 0 Å². The highest BCUT2D eigenvalue weighted by molar-refractivity contribution is 6.04. The molecule has 0 radical (unpaired) electrons. The summed E-state index contributed by atoms with van der Waals surface area (Å²) in [6, 6.07) is 18.8. The number of nitrogens with one attached hydrogen (secondary N) is 1. The Morgan fingerprint density at radius 3 is 2.71 bits per heavy atom. The van der Waals surface area contributed by atoms with Crippen LogP contribution < -0.4 is 5.32 Å². The molecule has 2 aromatic carbocycles. The van der Waals surface area contributed by atoms with Crippen LogP contribution in [0.5, 0.6) is 0 Å². The fourth-order valence-electron chi connectivity index (χ4n) is 4.14. The lowest BCUT2D eigenvalue weighted by molar-refractivity contribution is -0.252. The summed E-state index contributed by atoms with van der Waals surface area (Å²) in [6.45, 7) is 5.32. The molecular formula is C28H31N3O4. The van der Waals surface area contributed by atoms with E-state index in [-0.39, 0.29) is 24.7 Å². The van der Waals surface area contributed by atoms with Crippen molar-refractivity contribution in [2.45, 2.75) is 31.5 Å². The number of aliphatic hydroxyl groups excluding tert-OH is 1. The van der Waals surface area contributed by atoms with E-state index in [0.29, 0.717) is 17.7 Å². The average molecular weight is 474 g/mol. The molecule has 0 spiro atoms. The second kappa shape index (κ2) is 11.9. The van der Waals surface area contributed by atoms with Crippen molar-refractivity contribution in [1.82, 2.24) is 9.88 Å². The Morgan fingerprint density at radius 1 is 1.17 bits per heavy atom. The Kier molecular flexibility index (Phi) is 8.39. The number of pyridine rings is 1. The lowest BCUT2D eigenvalue weighted by Crippen LogP contribution is -2.37. The number of aromatic nitrogens is 1. The number of hydrogen-bond acceptors (Lipinski definition) is 6. The van der Waals surface area contributed by atoms with Crippen molar-refractivity contribution >= 4 is 11.6 Å². The van der Waals surface area contributed by atoms with E-state index in [1.807, 2.05) is 61.7 Å². The molecule has 0 bridgehead atoms. The zero-order chi connectivity index (χ0) is 24.6. The van der Waals surface area contributed by atoms with Crippen molar-refractivity contribution in [2.75, 3.05) is 25.5 Å². The van der Waals surface area contributed by atoms with Crippen LogP contribution in [-0.2, 0) is 16.1 Å². The highest BCUT2D eigenvalue weighted by Crippen LogP contribution is 2.38. The van der Waals surface area contributed by atoms with Crippen LogP contribution in [0, 0.1) is 0 Å². The molecule has 2 heterocycles. The Balaban J connectivity index is 1.54. The van der Waals surface area contributed by atoms with Gasteiger partial charge in [-0.15, -0.1) is 6.58 Å². The number of hydrogen-bond donors (Lipinski definition) is 2. The summed E-state index contributed by atoms with van der Waals surface area (Å²) in [7, 11) is 2.04. The normalized spacial score (nSPS) is 19.9. The van der Waals surface area contributed by atoms with Gasteiger partial charge in [-0.1, -0.05) is 42.5 Å². The van der Waals surface area contributed by atoms with Gasteiger partial charge in [0, 0.05) is 43.2 Å². The van der Waals surface area contributed by atoms with Crippen LogP contribution in [0.2, 0.25) is 0 Å². The van der Waals surface area contributed by atoms with Gasteiger partial charge >= 0.3 is 0 Å². The van der Waals surface area contributed by atoms with Crippen molar-refractivity contribution in [3.63, 3.8) is 0 Å². The average Bonchev–Trinajstić information content (AvgIpc) is 2.89. The third-order valence-electron chi connectivity index (χ3n) is 5.91. The number of anilines is 1. The molecule has 1 amide bonds. The Labute approximate surface area is 206 Å². The molecule has 0 aliphatic carbocycles. The van der Waals surface area contributed by atoms with Gasteiger partial charge in [-0.2, -0.15) is 0 Å². The van der Waals surface area contributed by atoms with E-state index in [2.05, 4.69) is 21.8 Å². The molecule has 1 saturated heterocycles. The van der Waals surface area contributed by atoms with E-state index < -0.39 is 6.29 Å². The van der Waals surface area contributed by atoms with E-state index in [1.54, 1.807) is 18.3 Å². The lowest BCUT2D eigenvalue weighted by atomic mass is 9.99. The van der Waals surface area contributed by atoms with Gasteiger partial charge in [0.25, 0.3) is 5.91 Å². The number of carbonyl (C=O) groups excluding carboxylic acids is 1. The quantitative estimate of drug-likeness (QED) is 0.446. The maximum absolute atomic E-state index is 12.6. The van der Waals surface area contributed by atoms with Gasteiger partial charge in [0.1, 0.15) is 0 Å². The van der Waals surface area contributed by atoms with Crippen LogP contribution in [0.1, 0.15) is 45.9 Å². The zero-order valence-electron chi connectivity index (χ0n) is 19.8. The molecule has 0 saturated carbocycles. The molecule has 1 aromatic heterocycles. The molecule has 3 atom stereocenters. The highest BCUT2D eigenvalue weighted by atomic mass is 16.7. The fourth-order valence-corrected chi connectivity index (χ4v) is 4.14. The number of carbonyl (C=O) groups is 1. The third-order valence-corrected chi connectivity index (χ3v) is 5.91. The molecule has 7 nitrogen and oxygen atoms in total. The topological polar surface area (TPSA) is 83.9 Å². The van der Waals surface area contributed by atoms with Crippen LogP contribution in [0.15, 0.2) is 85.7 Å². The SMILES string of the molecule is C=CCN(C)CC1CC(c2ccc(CO)cc2)OC(c2cccc(NC(=O)c3cccnc3)c2)O1. The molecule has 2 N–H and O–H groups in total. The minimum absolute atomic E-state index is 0.00404. The first-order valence-electron chi connectivity index (χ1n) is 11.7. The first kappa shape index (κ1) is 24.8. The monoisotopic (exact) mass is 473 g/mol. The number of ether oxygens (including phenoxy) is 2. The van der Waals surface area contributed by atoms with Crippen molar-refractivity contribution < 1.29 is 19.4 Å². The summed E-state index contributed by atoms with van der Waals surface area (Å²) in [5.41, 5.74) is 3.85. The number of likely N-dealkylation sites (N-methyl/N-ethyl adjacent to an activating group) is 1. The predicted octanol–water partition coefficient (Wildman–Crippen LogP) is 4.49. The molecule has 1 aliphatic rings. The first-order valence-corrected chi connectivity index (χ1v) is 11.7. The number of rotatable bonds is 9. The summed E-state index contributed by atoms with van der Waals surface area (Å²) in [6.07, 6.45) is 4.91. The molecule has 182 valence electrons. The second-order valence-corrected chi connectivity index (χ2v) is 8.68. The molecule has 4 rings (SSSR count). The van der Waals surface area contributed by atoms with Gasteiger partial charge in [0.05, 0.1) is 24.4 Å². The molecule has 3 aromatic rings. The summed E-state index contributed by atoms with van der Waals surface area (Å²) in [4.78, 5) is 18.8. The maximum Gasteiger partial charge on any atom is 0.257 e. The molecule has 35 heavy (non-hydrogen) atoms. The molecule has 3 unspecified atom stereocenters. The van der Waals surface area contributed by atoms with Gasteiger partial charge in [0.2, 0.25) is 0 Å². The van der Waals surface area contributed by atoms with Crippen molar-refractivity contribution in [2.24, 2.45) is 0 Å². The van der Waals surface area contributed by atoms with Crippen LogP contribution in [0.4, 0.5) is 5.69 Å². The van der Waals surface area contributed by atoms with E-state index in [9.17, 15) is 9.90 Å².